The van der Waals surface area contributed by atoms with Crippen LogP contribution in [0.25, 0.3) is 0 Å². The van der Waals surface area contributed by atoms with Crippen molar-refractivity contribution in [3.63, 3.8) is 0 Å². The molecule has 0 unspecified atom stereocenters. The van der Waals surface area contributed by atoms with Gasteiger partial charge in [-0.1, -0.05) is 34.1 Å². The lowest BCUT2D eigenvalue weighted by Gasteiger charge is -2.36. The number of rotatable bonds is 3. The molecule has 28 heavy (non-hydrogen) atoms. The summed E-state index contributed by atoms with van der Waals surface area (Å²) in [5.74, 6) is -0.133. The third kappa shape index (κ3) is 3.44. The molecule has 0 aliphatic carbocycles. The van der Waals surface area contributed by atoms with Crippen molar-refractivity contribution in [3.8, 4) is 0 Å². The maximum absolute atomic E-state index is 13.5. The van der Waals surface area contributed by atoms with Gasteiger partial charge in [0, 0.05) is 49.8 Å². The molecule has 2 aromatic rings. The molecule has 0 aromatic heterocycles. The topological polar surface area (TPSA) is 60.9 Å². The molecule has 0 spiro atoms. The number of sulfonamides is 1. The van der Waals surface area contributed by atoms with Crippen molar-refractivity contribution in [1.29, 1.82) is 0 Å². The number of carbonyl (C=O) groups is 1. The van der Waals surface area contributed by atoms with E-state index < -0.39 is 10.0 Å². The Bertz CT molecular complexity index is 1000. The fourth-order valence-electron chi connectivity index (χ4n) is 3.95. The molecule has 1 amide bonds. The molecule has 2 aliphatic heterocycles. The van der Waals surface area contributed by atoms with Gasteiger partial charge in [-0.15, -0.1) is 0 Å². The number of fused-ring (bicyclic) bond motifs is 1. The second kappa shape index (κ2) is 7.50. The number of nitrogens with zero attached hydrogens (tertiary/aromatic N) is 3. The van der Waals surface area contributed by atoms with Crippen LogP contribution in [0.3, 0.4) is 0 Å². The average molecular weight is 464 g/mol. The van der Waals surface area contributed by atoms with Crippen LogP contribution in [0.1, 0.15) is 12.5 Å². The monoisotopic (exact) mass is 463 g/mol. The summed E-state index contributed by atoms with van der Waals surface area (Å²) in [7, 11) is -3.70. The summed E-state index contributed by atoms with van der Waals surface area (Å²) in [6, 6.07) is 13.5. The normalized spacial score (nSPS) is 17.6. The van der Waals surface area contributed by atoms with Gasteiger partial charge in [0.1, 0.15) is 4.90 Å². The van der Waals surface area contributed by atoms with Gasteiger partial charge >= 0.3 is 0 Å². The van der Waals surface area contributed by atoms with E-state index in [9.17, 15) is 13.2 Å². The molecule has 2 heterocycles. The van der Waals surface area contributed by atoms with Crippen molar-refractivity contribution in [2.75, 3.05) is 42.5 Å². The third-order valence-electron chi connectivity index (χ3n) is 5.35. The summed E-state index contributed by atoms with van der Waals surface area (Å²) in [5, 5.41) is 0. The summed E-state index contributed by atoms with van der Waals surface area (Å²) in [4.78, 5) is 16.0. The van der Waals surface area contributed by atoms with Crippen molar-refractivity contribution in [2.24, 2.45) is 0 Å². The predicted octanol–water partition coefficient (Wildman–Crippen LogP) is 2.87. The van der Waals surface area contributed by atoms with E-state index in [0.29, 0.717) is 44.8 Å². The van der Waals surface area contributed by atoms with Crippen LogP contribution in [0.5, 0.6) is 0 Å². The van der Waals surface area contributed by atoms with Crippen LogP contribution in [0.2, 0.25) is 0 Å². The Labute approximate surface area is 173 Å². The molecular weight excluding hydrogens is 442 g/mol. The molecule has 0 bridgehead atoms. The first-order chi connectivity index (χ1) is 13.4. The van der Waals surface area contributed by atoms with Crippen molar-refractivity contribution in [3.05, 3.63) is 52.5 Å². The van der Waals surface area contributed by atoms with Gasteiger partial charge in [0.2, 0.25) is 15.9 Å². The molecule has 0 atom stereocenters. The molecule has 8 heteroatoms. The van der Waals surface area contributed by atoms with Crippen molar-refractivity contribution >= 4 is 43.2 Å². The highest BCUT2D eigenvalue weighted by Crippen LogP contribution is 2.39. The van der Waals surface area contributed by atoms with E-state index in [1.54, 1.807) is 11.0 Å². The number of carbonyl (C=O) groups excluding carboxylic acids is 1. The minimum absolute atomic E-state index is 0.133. The quantitative estimate of drug-likeness (QED) is 0.701. The minimum atomic E-state index is -3.70. The lowest BCUT2D eigenvalue weighted by atomic mass is 10.2. The zero-order valence-electron chi connectivity index (χ0n) is 15.6. The Kier molecular flexibility index (Phi) is 5.20. The van der Waals surface area contributed by atoms with Crippen molar-refractivity contribution in [2.45, 2.75) is 18.2 Å². The van der Waals surface area contributed by atoms with Crippen LogP contribution in [0.15, 0.2) is 51.8 Å². The van der Waals surface area contributed by atoms with E-state index in [2.05, 4.69) is 20.8 Å². The van der Waals surface area contributed by atoms with Gasteiger partial charge in [0.15, 0.2) is 0 Å². The van der Waals surface area contributed by atoms with Gasteiger partial charge in [-0.05, 0) is 36.2 Å². The summed E-state index contributed by atoms with van der Waals surface area (Å²) in [6.45, 7) is 4.10. The van der Waals surface area contributed by atoms with E-state index in [1.165, 1.54) is 11.2 Å². The number of para-hydroxylation sites is 1. The number of hydrogen-bond donors (Lipinski definition) is 0. The zero-order chi connectivity index (χ0) is 19.9. The second-order valence-corrected chi connectivity index (χ2v) is 9.88. The van der Waals surface area contributed by atoms with Crippen LogP contribution < -0.4 is 9.80 Å². The Balaban J connectivity index is 1.63. The summed E-state index contributed by atoms with van der Waals surface area (Å²) in [6.07, 6.45) is 0.665. The van der Waals surface area contributed by atoms with E-state index in [4.69, 9.17) is 0 Å². The van der Waals surface area contributed by atoms with Crippen LogP contribution in [0, 0.1) is 0 Å². The first-order valence-corrected chi connectivity index (χ1v) is 11.5. The van der Waals surface area contributed by atoms with E-state index in [-0.39, 0.29) is 10.8 Å². The molecule has 0 radical (unpaired) electrons. The molecule has 1 saturated heterocycles. The highest BCUT2D eigenvalue weighted by molar-refractivity contribution is 9.10. The molecule has 1 fully saturated rings. The fourth-order valence-corrected chi connectivity index (χ4v) is 6.29. The van der Waals surface area contributed by atoms with Gasteiger partial charge in [0.25, 0.3) is 0 Å². The average Bonchev–Trinajstić information content (AvgIpc) is 3.12. The minimum Gasteiger partial charge on any atom is -0.369 e. The fraction of sp³-hybridized carbons (Fsp3) is 0.350. The standard InChI is InChI=1S/C20H22BrN3O3S/c1-15(25)24-8-7-16-13-17(21)14-19(20(16)24)28(26,27)23-11-9-22(10-12-23)18-5-3-2-4-6-18/h2-6,13-14H,7-12H2,1H3. The predicted molar refractivity (Wildman–Crippen MR) is 113 cm³/mol. The summed E-state index contributed by atoms with van der Waals surface area (Å²) >= 11 is 3.43. The lowest BCUT2D eigenvalue weighted by molar-refractivity contribution is -0.116. The largest absolute Gasteiger partial charge is 0.369 e. The highest BCUT2D eigenvalue weighted by Gasteiger charge is 2.35. The number of amides is 1. The van der Waals surface area contributed by atoms with Crippen LogP contribution >= 0.6 is 15.9 Å². The molecule has 2 aromatic carbocycles. The summed E-state index contributed by atoms with van der Waals surface area (Å²) in [5.41, 5.74) is 2.54. The first-order valence-electron chi connectivity index (χ1n) is 9.28. The van der Waals surface area contributed by atoms with E-state index in [1.807, 2.05) is 36.4 Å². The Morgan fingerprint density at radius 3 is 2.32 bits per heavy atom. The van der Waals surface area contributed by atoms with Crippen LogP contribution in [-0.4, -0.2) is 51.4 Å². The van der Waals surface area contributed by atoms with Crippen LogP contribution in [-0.2, 0) is 21.2 Å². The molecule has 0 N–H and O–H groups in total. The number of halogens is 1. The Morgan fingerprint density at radius 1 is 1.00 bits per heavy atom. The number of anilines is 2. The maximum Gasteiger partial charge on any atom is 0.245 e. The highest BCUT2D eigenvalue weighted by atomic mass is 79.9. The Morgan fingerprint density at radius 2 is 1.68 bits per heavy atom. The van der Waals surface area contributed by atoms with Crippen molar-refractivity contribution in [1.82, 2.24) is 4.31 Å². The van der Waals surface area contributed by atoms with Gasteiger partial charge in [-0.3, -0.25) is 4.79 Å². The molecule has 4 rings (SSSR count). The first kappa shape index (κ1) is 19.4. The van der Waals surface area contributed by atoms with Gasteiger partial charge in [-0.2, -0.15) is 4.31 Å². The Hall–Kier alpha value is -1.90. The number of benzene rings is 2. The van der Waals surface area contributed by atoms with Crippen LogP contribution in [0.4, 0.5) is 11.4 Å². The van der Waals surface area contributed by atoms with Gasteiger partial charge in [-0.25, -0.2) is 8.42 Å². The third-order valence-corrected chi connectivity index (χ3v) is 7.72. The van der Waals surface area contributed by atoms with Gasteiger partial charge in [0.05, 0.1) is 5.69 Å². The van der Waals surface area contributed by atoms with E-state index in [0.717, 1.165) is 15.7 Å². The second-order valence-electron chi connectivity index (χ2n) is 7.06. The molecular formula is C20H22BrN3O3S. The molecule has 148 valence electrons. The molecule has 0 saturated carbocycles. The van der Waals surface area contributed by atoms with E-state index >= 15 is 0 Å². The SMILES string of the molecule is CC(=O)N1CCc2cc(Br)cc(S(=O)(=O)N3CCN(c4ccccc4)CC3)c21. The van der Waals surface area contributed by atoms with Gasteiger partial charge < -0.3 is 9.80 Å². The smallest absolute Gasteiger partial charge is 0.245 e. The molecule has 2 aliphatic rings. The van der Waals surface area contributed by atoms with Crippen molar-refractivity contribution < 1.29 is 13.2 Å². The molecule has 6 nitrogen and oxygen atoms in total. The summed E-state index contributed by atoms with van der Waals surface area (Å²) < 4.78 is 29.2. The lowest BCUT2D eigenvalue weighted by Crippen LogP contribution is -2.48. The zero-order valence-corrected chi connectivity index (χ0v) is 18.0. The number of hydrogen-bond acceptors (Lipinski definition) is 4. The maximum atomic E-state index is 13.5. The number of piperazine rings is 1.